The van der Waals surface area contributed by atoms with E-state index in [2.05, 4.69) is 72.5 Å². The van der Waals surface area contributed by atoms with E-state index in [0.29, 0.717) is 24.9 Å². The highest BCUT2D eigenvalue weighted by molar-refractivity contribution is 5.32. The first-order valence-corrected chi connectivity index (χ1v) is 10.0. The smallest absolute Gasteiger partial charge is 0.228 e. The Morgan fingerprint density at radius 3 is 1.97 bits per heavy atom. The summed E-state index contributed by atoms with van der Waals surface area (Å²) in [4.78, 5) is 18.0. The van der Waals surface area contributed by atoms with Gasteiger partial charge >= 0.3 is 0 Å². The molecule has 3 aromatic rings. The summed E-state index contributed by atoms with van der Waals surface area (Å²) in [5.41, 5.74) is 8.44. The van der Waals surface area contributed by atoms with Crippen molar-refractivity contribution < 1.29 is 0 Å². The molecule has 0 amide bonds. The van der Waals surface area contributed by atoms with Crippen molar-refractivity contribution in [1.82, 2.24) is 24.8 Å². The summed E-state index contributed by atoms with van der Waals surface area (Å²) in [6, 6.07) is 20.8. The molecule has 2 heterocycles. The fourth-order valence-electron chi connectivity index (χ4n) is 3.51. The molecule has 3 N–H and O–H groups in total. The molecule has 0 aliphatic carbocycles. The van der Waals surface area contributed by atoms with E-state index in [1.165, 1.54) is 11.1 Å². The molecule has 0 atom stereocenters. The summed E-state index contributed by atoms with van der Waals surface area (Å²) in [6.07, 6.45) is 0. The zero-order valence-electron chi connectivity index (χ0n) is 16.5. The van der Waals surface area contributed by atoms with Gasteiger partial charge < -0.3 is 11.1 Å². The third kappa shape index (κ3) is 5.73. The van der Waals surface area contributed by atoms with Gasteiger partial charge in [-0.2, -0.15) is 15.0 Å². The van der Waals surface area contributed by atoms with Crippen molar-refractivity contribution in [3.8, 4) is 0 Å². The summed E-state index contributed by atoms with van der Waals surface area (Å²) >= 11 is 0. The Morgan fingerprint density at radius 1 is 0.724 bits per heavy atom. The van der Waals surface area contributed by atoms with Crippen molar-refractivity contribution in [2.24, 2.45) is 0 Å². The van der Waals surface area contributed by atoms with Crippen molar-refractivity contribution in [3.05, 3.63) is 77.6 Å². The lowest BCUT2D eigenvalue weighted by molar-refractivity contribution is 0.120. The van der Waals surface area contributed by atoms with E-state index in [9.17, 15) is 0 Å². The quantitative estimate of drug-likeness (QED) is 0.642. The van der Waals surface area contributed by atoms with Crippen LogP contribution in [0.5, 0.6) is 0 Å². The maximum Gasteiger partial charge on any atom is 0.228 e. The van der Waals surface area contributed by atoms with Gasteiger partial charge in [-0.1, -0.05) is 60.7 Å². The molecule has 1 saturated heterocycles. The summed E-state index contributed by atoms with van der Waals surface area (Å²) in [7, 11) is 0. The number of hydrogen-bond donors (Lipinski definition) is 2. The van der Waals surface area contributed by atoms with Crippen molar-refractivity contribution in [1.29, 1.82) is 0 Å². The van der Waals surface area contributed by atoms with Gasteiger partial charge in [-0.3, -0.25) is 9.80 Å². The maximum absolute atomic E-state index is 5.91. The number of rotatable bonds is 7. The van der Waals surface area contributed by atoms with Crippen LogP contribution in [-0.4, -0.2) is 50.9 Å². The minimum atomic E-state index is 0.258. The van der Waals surface area contributed by atoms with Gasteiger partial charge in [-0.15, -0.1) is 0 Å². The second-order valence-electron chi connectivity index (χ2n) is 7.31. The highest BCUT2D eigenvalue weighted by Gasteiger charge is 2.18. The Balaban J connectivity index is 1.30. The highest BCUT2D eigenvalue weighted by Crippen LogP contribution is 2.12. The lowest BCUT2D eigenvalue weighted by atomic mass is 10.2. The lowest BCUT2D eigenvalue weighted by Crippen LogP contribution is -2.45. The molecule has 0 spiro atoms. The second kappa shape index (κ2) is 9.45. The Hall–Kier alpha value is -3.03. The molecule has 7 nitrogen and oxygen atoms in total. The molecule has 0 saturated carbocycles. The van der Waals surface area contributed by atoms with E-state index in [4.69, 9.17) is 5.73 Å². The van der Waals surface area contributed by atoms with E-state index >= 15 is 0 Å². The van der Waals surface area contributed by atoms with Crippen molar-refractivity contribution in [2.45, 2.75) is 19.6 Å². The number of nitrogens with one attached hydrogen (secondary N) is 1. The first-order chi connectivity index (χ1) is 14.2. The molecule has 0 bridgehead atoms. The van der Waals surface area contributed by atoms with Crippen molar-refractivity contribution in [3.63, 3.8) is 0 Å². The van der Waals surface area contributed by atoms with Crippen molar-refractivity contribution in [2.75, 3.05) is 37.2 Å². The summed E-state index contributed by atoms with van der Waals surface area (Å²) in [6.45, 7) is 6.40. The first-order valence-electron chi connectivity index (χ1n) is 10.0. The average molecular weight is 390 g/mol. The SMILES string of the molecule is Nc1nc(CN2CCN(Cc3ccccc3)CC2)nc(NCc2ccccc2)n1. The van der Waals surface area contributed by atoms with Gasteiger partial charge in [0.25, 0.3) is 0 Å². The molecule has 29 heavy (non-hydrogen) atoms. The zero-order chi connectivity index (χ0) is 19.9. The van der Waals surface area contributed by atoms with E-state index in [-0.39, 0.29) is 5.95 Å². The Morgan fingerprint density at radius 2 is 1.31 bits per heavy atom. The molecule has 150 valence electrons. The van der Waals surface area contributed by atoms with Gasteiger partial charge in [-0.05, 0) is 11.1 Å². The number of nitrogens with two attached hydrogens (primary N) is 1. The molecular formula is C22H27N7. The Kier molecular flexibility index (Phi) is 6.29. The fraction of sp³-hybridized carbons (Fsp3) is 0.318. The molecule has 1 fully saturated rings. The summed E-state index contributed by atoms with van der Waals surface area (Å²) in [5, 5.41) is 3.24. The van der Waals surface area contributed by atoms with Crippen LogP contribution >= 0.6 is 0 Å². The van der Waals surface area contributed by atoms with Crippen LogP contribution in [0.15, 0.2) is 60.7 Å². The van der Waals surface area contributed by atoms with E-state index in [0.717, 1.165) is 32.7 Å². The minimum Gasteiger partial charge on any atom is -0.368 e. The monoisotopic (exact) mass is 389 g/mol. The molecule has 4 rings (SSSR count). The van der Waals surface area contributed by atoms with Gasteiger partial charge in [0.1, 0.15) is 5.82 Å². The molecule has 1 aromatic heterocycles. The molecule has 7 heteroatoms. The largest absolute Gasteiger partial charge is 0.368 e. The normalized spacial score (nSPS) is 15.3. The standard InChI is InChI=1S/C22H27N7/c23-21-25-20(26-22(27-21)24-15-18-7-3-1-4-8-18)17-29-13-11-28(12-14-29)16-19-9-5-2-6-10-19/h1-10H,11-17H2,(H3,23,24,25,26,27). The van der Waals surface area contributed by atoms with E-state index in [1.807, 2.05) is 18.2 Å². The molecule has 1 aliphatic rings. The van der Waals surface area contributed by atoms with Gasteiger partial charge in [0, 0.05) is 39.3 Å². The van der Waals surface area contributed by atoms with Crippen LogP contribution in [0.4, 0.5) is 11.9 Å². The van der Waals surface area contributed by atoms with Gasteiger partial charge in [0.05, 0.1) is 6.54 Å². The van der Waals surface area contributed by atoms with Gasteiger partial charge in [0.2, 0.25) is 11.9 Å². The minimum absolute atomic E-state index is 0.258. The zero-order valence-corrected chi connectivity index (χ0v) is 16.5. The topological polar surface area (TPSA) is 83.2 Å². The molecule has 2 aromatic carbocycles. The number of benzene rings is 2. The Bertz CT molecular complexity index is 894. The van der Waals surface area contributed by atoms with Crippen LogP contribution in [0.1, 0.15) is 17.0 Å². The van der Waals surface area contributed by atoms with Crippen LogP contribution in [0.3, 0.4) is 0 Å². The van der Waals surface area contributed by atoms with Gasteiger partial charge in [0.15, 0.2) is 0 Å². The van der Waals surface area contributed by atoms with Crippen LogP contribution in [0.25, 0.3) is 0 Å². The molecule has 0 radical (unpaired) electrons. The number of anilines is 2. The number of hydrogen-bond acceptors (Lipinski definition) is 7. The van der Waals surface area contributed by atoms with E-state index < -0.39 is 0 Å². The number of piperazine rings is 1. The van der Waals surface area contributed by atoms with Crippen LogP contribution in [-0.2, 0) is 19.6 Å². The average Bonchev–Trinajstić information content (AvgIpc) is 2.75. The van der Waals surface area contributed by atoms with Crippen LogP contribution in [0, 0.1) is 0 Å². The first kappa shape index (κ1) is 19.3. The molecule has 1 aliphatic heterocycles. The fourth-order valence-corrected chi connectivity index (χ4v) is 3.51. The summed E-state index contributed by atoms with van der Waals surface area (Å²) in [5.74, 6) is 1.50. The second-order valence-corrected chi connectivity index (χ2v) is 7.31. The van der Waals surface area contributed by atoms with Crippen molar-refractivity contribution >= 4 is 11.9 Å². The highest BCUT2D eigenvalue weighted by atomic mass is 15.3. The van der Waals surface area contributed by atoms with Gasteiger partial charge in [-0.25, -0.2) is 0 Å². The number of nitrogens with zero attached hydrogens (tertiary/aromatic N) is 5. The van der Waals surface area contributed by atoms with E-state index in [1.54, 1.807) is 0 Å². The summed E-state index contributed by atoms with van der Waals surface area (Å²) < 4.78 is 0. The van der Waals surface area contributed by atoms with Crippen LogP contribution in [0.2, 0.25) is 0 Å². The lowest BCUT2D eigenvalue weighted by Gasteiger charge is -2.34. The molecular weight excluding hydrogens is 362 g/mol. The third-order valence-corrected chi connectivity index (χ3v) is 5.07. The van der Waals surface area contributed by atoms with Crippen LogP contribution < -0.4 is 11.1 Å². The predicted molar refractivity (Wildman–Crippen MR) is 115 cm³/mol. The number of nitrogen functional groups attached to an aromatic ring is 1. The number of aromatic nitrogens is 3. The maximum atomic E-state index is 5.91. The Labute approximate surface area is 171 Å². The third-order valence-electron chi connectivity index (χ3n) is 5.07. The predicted octanol–water partition coefficient (Wildman–Crippen LogP) is 2.38. The molecule has 0 unspecified atom stereocenters.